The van der Waals surface area contributed by atoms with Crippen LogP contribution in [0.2, 0.25) is 0 Å². The van der Waals surface area contributed by atoms with E-state index in [4.69, 9.17) is 11.5 Å². The van der Waals surface area contributed by atoms with Gasteiger partial charge in [0.2, 0.25) is 0 Å². The number of nitrogens with two attached hydrogens (primary N) is 2. The number of urea groups is 1. The van der Waals surface area contributed by atoms with Crippen molar-refractivity contribution in [2.45, 2.75) is 12.8 Å². The van der Waals surface area contributed by atoms with Crippen LogP contribution < -0.4 is 11.5 Å². The first kappa shape index (κ1) is 13.2. The molecule has 0 fully saturated rings. The van der Waals surface area contributed by atoms with Gasteiger partial charge in [-0.15, -0.1) is 0 Å². The molecule has 0 aliphatic heterocycles. The predicted octanol–water partition coefficient (Wildman–Crippen LogP) is -0.332. The number of nitrogens with zero attached hydrogens (tertiary/aromatic N) is 2. The van der Waals surface area contributed by atoms with Gasteiger partial charge in [0.05, 0.1) is 0 Å². The van der Waals surface area contributed by atoms with Crippen LogP contribution in [0.25, 0.3) is 0 Å². The van der Waals surface area contributed by atoms with E-state index in [1.165, 1.54) is 0 Å². The second kappa shape index (κ2) is 7.58. The zero-order valence-electron chi connectivity index (χ0n) is 9.20. The molecule has 0 aromatic heterocycles. The lowest BCUT2D eigenvalue weighted by atomic mass is 10.3. The van der Waals surface area contributed by atoms with Crippen molar-refractivity contribution in [3.63, 3.8) is 0 Å². The van der Waals surface area contributed by atoms with Gasteiger partial charge in [0.15, 0.2) is 0 Å². The van der Waals surface area contributed by atoms with Crippen molar-refractivity contribution in [3.05, 3.63) is 0 Å². The van der Waals surface area contributed by atoms with Gasteiger partial charge in [-0.05, 0) is 40.0 Å². The van der Waals surface area contributed by atoms with Gasteiger partial charge in [0.1, 0.15) is 0 Å². The van der Waals surface area contributed by atoms with Gasteiger partial charge in [-0.25, -0.2) is 4.79 Å². The molecule has 0 spiro atoms. The minimum Gasteiger partial charge on any atom is -0.351 e. The van der Waals surface area contributed by atoms with Crippen LogP contribution in [0.1, 0.15) is 12.8 Å². The fourth-order valence-corrected chi connectivity index (χ4v) is 1.19. The first-order valence-electron chi connectivity index (χ1n) is 4.97. The third kappa shape index (κ3) is 6.68. The maximum absolute atomic E-state index is 11.0. The monoisotopic (exact) mass is 202 g/mol. The lowest BCUT2D eigenvalue weighted by Crippen LogP contribution is -2.38. The summed E-state index contributed by atoms with van der Waals surface area (Å²) in [6.07, 6.45) is 1.76. The molecule has 0 atom stereocenters. The van der Waals surface area contributed by atoms with Gasteiger partial charge in [0.25, 0.3) is 0 Å². The molecule has 0 bridgehead atoms. The molecule has 0 aliphatic carbocycles. The van der Waals surface area contributed by atoms with Crippen LogP contribution in [-0.2, 0) is 0 Å². The van der Waals surface area contributed by atoms with E-state index < -0.39 is 0 Å². The van der Waals surface area contributed by atoms with E-state index in [0.29, 0.717) is 19.6 Å². The Morgan fingerprint density at radius 1 is 1.14 bits per heavy atom. The Labute approximate surface area is 86.0 Å². The number of amides is 2. The highest BCUT2D eigenvalue weighted by atomic mass is 16.2. The van der Waals surface area contributed by atoms with Crippen molar-refractivity contribution in [1.82, 2.24) is 9.80 Å². The number of hydrogen-bond acceptors (Lipinski definition) is 3. The summed E-state index contributed by atoms with van der Waals surface area (Å²) >= 11 is 0. The first-order valence-corrected chi connectivity index (χ1v) is 4.97. The Balaban J connectivity index is 3.68. The minimum absolute atomic E-state index is 0.350. The van der Waals surface area contributed by atoms with Crippen molar-refractivity contribution < 1.29 is 4.79 Å². The van der Waals surface area contributed by atoms with Crippen LogP contribution in [0, 0.1) is 0 Å². The Morgan fingerprint density at radius 2 is 1.71 bits per heavy atom. The average molecular weight is 202 g/mol. The van der Waals surface area contributed by atoms with Gasteiger partial charge < -0.3 is 21.3 Å². The summed E-state index contributed by atoms with van der Waals surface area (Å²) in [5, 5.41) is 0. The van der Waals surface area contributed by atoms with Crippen molar-refractivity contribution >= 4 is 6.03 Å². The topological polar surface area (TPSA) is 75.6 Å². The normalized spacial score (nSPS) is 10.6. The number of hydrogen-bond donors (Lipinski definition) is 2. The SMILES string of the molecule is CN(C)CCCN(CCCN)C(N)=O. The van der Waals surface area contributed by atoms with Crippen molar-refractivity contribution in [2.24, 2.45) is 11.5 Å². The van der Waals surface area contributed by atoms with E-state index in [0.717, 1.165) is 19.4 Å². The molecule has 84 valence electrons. The molecule has 2 amide bonds. The van der Waals surface area contributed by atoms with Crippen LogP contribution in [0.3, 0.4) is 0 Å². The molecule has 0 aliphatic rings. The number of primary amides is 1. The highest BCUT2D eigenvalue weighted by molar-refractivity contribution is 5.71. The smallest absolute Gasteiger partial charge is 0.314 e. The van der Waals surface area contributed by atoms with Crippen LogP contribution in [0.4, 0.5) is 4.79 Å². The Kier molecular flexibility index (Phi) is 7.14. The van der Waals surface area contributed by atoms with E-state index in [9.17, 15) is 4.79 Å². The minimum atomic E-state index is -0.350. The number of carbonyl (C=O) groups excluding carboxylic acids is 1. The predicted molar refractivity (Wildman–Crippen MR) is 58.0 cm³/mol. The average Bonchev–Trinajstić information content (AvgIpc) is 2.09. The lowest BCUT2D eigenvalue weighted by Gasteiger charge is -2.20. The molecule has 4 N–H and O–H groups in total. The third-order valence-electron chi connectivity index (χ3n) is 1.98. The van der Waals surface area contributed by atoms with Crippen molar-refractivity contribution in [1.29, 1.82) is 0 Å². The molecule has 5 nitrogen and oxygen atoms in total. The maximum atomic E-state index is 11.0. The van der Waals surface area contributed by atoms with E-state index in [1.54, 1.807) is 4.90 Å². The molecule has 0 aromatic carbocycles. The summed E-state index contributed by atoms with van der Waals surface area (Å²) < 4.78 is 0. The molecule has 0 rings (SSSR count). The quantitative estimate of drug-likeness (QED) is 0.593. The fraction of sp³-hybridized carbons (Fsp3) is 0.889. The van der Waals surface area contributed by atoms with E-state index >= 15 is 0 Å². The van der Waals surface area contributed by atoms with Crippen LogP contribution in [0.5, 0.6) is 0 Å². The molecule has 0 saturated heterocycles. The first-order chi connectivity index (χ1) is 6.57. The van der Waals surface area contributed by atoms with E-state index in [2.05, 4.69) is 4.90 Å². The Bertz CT molecular complexity index is 161. The Hall–Kier alpha value is -0.810. The summed E-state index contributed by atoms with van der Waals surface area (Å²) in [5.74, 6) is 0. The highest BCUT2D eigenvalue weighted by Gasteiger charge is 2.07. The molecule has 0 unspecified atom stereocenters. The summed E-state index contributed by atoms with van der Waals surface area (Å²) in [6.45, 7) is 2.94. The second-order valence-corrected chi connectivity index (χ2v) is 3.62. The lowest BCUT2D eigenvalue weighted by molar-refractivity contribution is 0.204. The second-order valence-electron chi connectivity index (χ2n) is 3.62. The fourth-order valence-electron chi connectivity index (χ4n) is 1.19. The van der Waals surface area contributed by atoms with E-state index in [-0.39, 0.29) is 6.03 Å². The molecule has 14 heavy (non-hydrogen) atoms. The summed E-state index contributed by atoms with van der Waals surface area (Å²) in [6, 6.07) is -0.350. The number of carbonyl (C=O) groups is 1. The van der Waals surface area contributed by atoms with E-state index in [1.807, 2.05) is 14.1 Å². The summed E-state index contributed by atoms with van der Waals surface area (Å²) in [5.41, 5.74) is 10.6. The van der Waals surface area contributed by atoms with Crippen LogP contribution in [-0.4, -0.2) is 56.1 Å². The third-order valence-corrected chi connectivity index (χ3v) is 1.98. The molecular weight excluding hydrogens is 180 g/mol. The maximum Gasteiger partial charge on any atom is 0.314 e. The standard InChI is InChI=1S/C9H22N4O/c1-12(2)6-4-8-13(9(11)14)7-3-5-10/h3-8,10H2,1-2H3,(H2,11,14). The van der Waals surface area contributed by atoms with Gasteiger partial charge in [0, 0.05) is 13.1 Å². The molecular formula is C9H22N4O. The van der Waals surface area contributed by atoms with Crippen LogP contribution >= 0.6 is 0 Å². The van der Waals surface area contributed by atoms with Gasteiger partial charge in [-0.3, -0.25) is 0 Å². The van der Waals surface area contributed by atoms with Gasteiger partial charge >= 0.3 is 6.03 Å². The zero-order chi connectivity index (χ0) is 11.0. The van der Waals surface area contributed by atoms with Crippen molar-refractivity contribution in [2.75, 3.05) is 40.3 Å². The molecule has 0 radical (unpaired) electrons. The van der Waals surface area contributed by atoms with Gasteiger partial charge in [-0.2, -0.15) is 0 Å². The van der Waals surface area contributed by atoms with Crippen molar-refractivity contribution in [3.8, 4) is 0 Å². The summed E-state index contributed by atoms with van der Waals surface area (Å²) in [7, 11) is 4.02. The molecule has 0 saturated carbocycles. The largest absolute Gasteiger partial charge is 0.351 e. The molecule has 0 heterocycles. The molecule has 5 heteroatoms. The number of rotatable bonds is 7. The van der Waals surface area contributed by atoms with Gasteiger partial charge in [-0.1, -0.05) is 0 Å². The zero-order valence-corrected chi connectivity index (χ0v) is 9.20. The summed E-state index contributed by atoms with van der Waals surface area (Å²) in [4.78, 5) is 14.7. The highest BCUT2D eigenvalue weighted by Crippen LogP contribution is 1.94. The molecule has 0 aromatic rings. The van der Waals surface area contributed by atoms with Crippen LogP contribution in [0.15, 0.2) is 0 Å². The Morgan fingerprint density at radius 3 is 2.14 bits per heavy atom.